The topological polar surface area (TPSA) is 44.4 Å². The van der Waals surface area contributed by atoms with Crippen molar-refractivity contribution in [3.8, 4) is 0 Å². The first kappa shape index (κ1) is 19.6. The molecule has 1 aromatic rings. The molecule has 0 spiro atoms. The molecule has 1 amide bonds. The standard InChI is InChI=1S/C17H20Cl2F3N3O/c18-11-8-16(19,24-12-4-2-1-3-5-12)15(26)25(10-11)14-9-23-7-6-13(14)17(20,21)22/h1-5,11,13-14,23-24H,6-10H2. The van der Waals surface area contributed by atoms with Crippen molar-refractivity contribution in [3.05, 3.63) is 30.3 Å². The second-order valence-corrected chi connectivity index (χ2v) is 8.02. The molecule has 0 radical (unpaired) electrons. The van der Waals surface area contributed by atoms with Crippen molar-refractivity contribution in [2.75, 3.05) is 25.0 Å². The van der Waals surface area contributed by atoms with E-state index in [9.17, 15) is 18.0 Å². The number of carbonyl (C=O) groups is 1. The van der Waals surface area contributed by atoms with Gasteiger partial charge >= 0.3 is 6.18 Å². The normalized spacial score (nSPS) is 33.2. The zero-order chi connectivity index (χ0) is 18.9. The summed E-state index contributed by atoms with van der Waals surface area (Å²) in [7, 11) is 0. The van der Waals surface area contributed by atoms with Crippen LogP contribution in [-0.2, 0) is 4.79 Å². The summed E-state index contributed by atoms with van der Waals surface area (Å²) in [5.74, 6) is -2.16. The molecular formula is C17H20Cl2F3N3O. The van der Waals surface area contributed by atoms with Gasteiger partial charge in [0.05, 0.1) is 17.3 Å². The molecule has 2 aliphatic heterocycles. The summed E-state index contributed by atoms with van der Waals surface area (Å²) < 4.78 is 40.4. The van der Waals surface area contributed by atoms with Crippen LogP contribution in [0.3, 0.4) is 0 Å². The van der Waals surface area contributed by atoms with Gasteiger partial charge in [0.2, 0.25) is 0 Å². The van der Waals surface area contributed by atoms with Gasteiger partial charge < -0.3 is 15.5 Å². The van der Waals surface area contributed by atoms with Crippen LogP contribution in [0.4, 0.5) is 18.9 Å². The molecule has 2 fully saturated rings. The minimum Gasteiger partial charge on any atom is -0.359 e. The van der Waals surface area contributed by atoms with Gasteiger partial charge in [-0.15, -0.1) is 11.6 Å². The Kier molecular flexibility index (Phi) is 5.61. The zero-order valence-electron chi connectivity index (χ0n) is 13.9. The smallest absolute Gasteiger partial charge is 0.359 e. The summed E-state index contributed by atoms with van der Waals surface area (Å²) in [4.78, 5) is 12.7. The molecule has 26 heavy (non-hydrogen) atoms. The molecule has 4 unspecified atom stereocenters. The first-order chi connectivity index (χ1) is 12.2. The molecule has 4 nitrogen and oxygen atoms in total. The van der Waals surface area contributed by atoms with E-state index >= 15 is 0 Å². The number of nitrogens with zero attached hydrogens (tertiary/aromatic N) is 1. The lowest BCUT2D eigenvalue weighted by molar-refractivity contribution is -0.199. The second kappa shape index (κ2) is 7.44. The van der Waals surface area contributed by atoms with Crippen LogP contribution < -0.4 is 10.6 Å². The van der Waals surface area contributed by atoms with Crippen LogP contribution in [0.1, 0.15) is 12.8 Å². The average Bonchev–Trinajstić information content (AvgIpc) is 2.58. The molecule has 0 bridgehead atoms. The minimum atomic E-state index is -4.38. The second-order valence-electron chi connectivity index (χ2n) is 6.76. The number of para-hydroxylation sites is 1. The maximum Gasteiger partial charge on any atom is 0.393 e. The first-order valence-electron chi connectivity index (χ1n) is 8.45. The fraction of sp³-hybridized carbons (Fsp3) is 0.588. The molecule has 1 aromatic carbocycles. The maximum atomic E-state index is 13.5. The van der Waals surface area contributed by atoms with Gasteiger partial charge in [0.25, 0.3) is 5.91 Å². The number of amides is 1. The Hall–Kier alpha value is -1.18. The average molecular weight is 410 g/mol. The summed E-state index contributed by atoms with van der Waals surface area (Å²) in [6, 6.07) is 7.81. The van der Waals surface area contributed by atoms with Crippen LogP contribution in [0, 0.1) is 5.92 Å². The number of benzene rings is 1. The van der Waals surface area contributed by atoms with Gasteiger partial charge in [-0.1, -0.05) is 29.8 Å². The van der Waals surface area contributed by atoms with E-state index in [4.69, 9.17) is 23.2 Å². The lowest BCUT2D eigenvalue weighted by Gasteiger charge is -2.47. The minimum absolute atomic E-state index is 0.0459. The Morgan fingerprint density at radius 2 is 1.96 bits per heavy atom. The van der Waals surface area contributed by atoms with Crippen LogP contribution in [0.5, 0.6) is 0 Å². The number of nitrogens with one attached hydrogen (secondary N) is 2. The number of hydrogen-bond acceptors (Lipinski definition) is 3. The Labute approximate surface area is 160 Å². The van der Waals surface area contributed by atoms with Crippen molar-refractivity contribution in [1.82, 2.24) is 10.2 Å². The van der Waals surface area contributed by atoms with Gasteiger partial charge in [-0.3, -0.25) is 4.79 Å². The predicted octanol–water partition coefficient (Wildman–Crippen LogP) is 3.41. The van der Waals surface area contributed by atoms with Crippen LogP contribution >= 0.6 is 23.2 Å². The van der Waals surface area contributed by atoms with Crippen molar-refractivity contribution in [3.63, 3.8) is 0 Å². The van der Waals surface area contributed by atoms with E-state index in [1.165, 1.54) is 4.90 Å². The van der Waals surface area contributed by atoms with Gasteiger partial charge in [0.15, 0.2) is 5.00 Å². The van der Waals surface area contributed by atoms with Gasteiger partial charge in [-0.25, -0.2) is 0 Å². The van der Waals surface area contributed by atoms with Crippen LogP contribution in [0.25, 0.3) is 0 Å². The number of alkyl halides is 5. The highest BCUT2D eigenvalue weighted by molar-refractivity contribution is 6.37. The molecule has 4 atom stereocenters. The maximum absolute atomic E-state index is 13.5. The molecule has 2 N–H and O–H groups in total. The molecule has 9 heteroatoms. The number of rotatable bonds is 3. The van der Waals surface area contributed by atoms with E-state index in [-0.39, 0.29) is 32.5 Å². The monoisotopic (exact) mass is 409 g/mol. The van der Waals surface area contributed by atoms with Gasteiger partial charge in [-0.05, 0) is 25.1 Å². The number of likely N-dealkylation sites (tertiary alicyclic amines) is 1. The first-order valence-corrected chi connectivity index (χ1v) is 9.27. The molecule has 3 rings (SSSR count). The summed E-state index contributed by atoms with van der Waals surface area (Å²) in [5, 5.41) is 5.35. The molecule has 0 aliphatic carbocycles. The van der Waals surface area contributed by atoms with Crippen LogP contribution in [0.15, 0.2) is 30.3 Å². The Balaban J connectivity index is 1.86. The van der Waals surface area contributed by atoms with E-state index in [2.05, 4.69) is 10.6 Å². The number of halogens is 5. The number of anilines is 1. The van der Waals surface area contributed by atoms with Gasteiger partial charge in [0, 0.05) is 25.2 Å². The molecule has 144 valence electrons. The van der Waals surface area contributed by atoms with Gasteiger partial charge in [-0.2, -0.15) is 13.2 Å². The van der Waals surface area contributed by atoms with Crippen LogP contribution in [-0.4, -0.2) is 53.0 Å². The van der Waals surface area contributed by atoms with E-state index in [1.807, 2.05) is 6.07 Å². The third-order valence-corrected chi connectivity index (χ3v) is 5.59. The molecule has 2 saturated heterocycles. The lowest BCUT2D eigenvalue weighted by atomic mass is 9.88. The van der Waals surface area contributed by atoms with Crippen molar-refractivity contribution >= 4 is 34.8 Å². The third kappa shape index (κ3) is 4.05. The molecule has 0 saturated carbocycles. The van der Waals surface area contributed by atoms with Crippen molar-refractivity contribution in [2.24, 2.45) is 5.92 Å². The quantitative estimate of drug-likeness (QED) is 0.593. The van der Waals surface area contributed by atoms with E-state index in [1.54, 1.807) is 24.3 Å². The fourth-order valence-electron chi connectivity index (χ4n) is 3.67. The Morgan fingerprint density at radius 3 is 2.62 bits per heavy atom. The highest BCUT2D eigenvalue weighted by atomic mass is 35.5. The molecule has 2 heterocycles. The van der Waals surface area contributed by atoms with Crippen molar-refractivity contribution in [2.45, 2.75) is 35.4 Å². The highest BCUT2D eigenvalue weighted by Crippen LogP contribution is 2.40. The third-order valence-electron chi connectivity index (χ3n) is 4.88. The van der Waals surface area contributed by atoms with Crippen molar-refractivity contribution < 1.29 is 18.0 Å². The van der Waals surface area contributed by atoms with E-state index in [0.29, 0.717) is 5.69 Å². The molecule has 0 aromatic heterocycles. The number of carbonyl (C=O) groups excluding carboxylic acids is 1. The lowest BCUT2D eigenvalue weighted by Crippen LogP contribution is -2.65. The predicted molar refractivity (Wildman–Crippen MR) is 95.4 cm³/mol. The Morgan fingerprint density at radius 1 is 1.27 bits per heavy atom. The fourth-order valence-corrected chi connectivity index (χ4v) is 4.54. The van der Waals surface area contributed by atoms with Crippen LogP contribution in [0.2, 0.25) is 0 Å². The number of piperidine rings is 2. The van der Waals surface area contributed by atoms with Gasteiger partial charge in [0.1, 0.15) is 0 Å². The summed E-state index contributed by atoms with van der Waals surface area (Å²) in [6.45, 7) is 0.378. The van der Waals surface area contributed by atoms with E-state index in [0.717, 1.165) is 0 Å². The summed E-state index contributed by atoms with van der Waals surface area (Å²) in [6.07, 6.45) is -4.34. The zero-order valence-corrected chi connectivity index (χ0v) is 15.4. The number of hydrogen-bond donors (Lipinski definition) is 2. The Bertz CT molecular complexity index is 646. The summed E-state index contributed by atoms with van der Waals surface area (Å²) in [5.41, 5.74) is 0.607. The SMILES string of the molecule is O=C1N(C2CNCCC2C(F)(F)F)CC(Cl)CC1(Cl)Nc1ccccc1. The van der Waals surface area contributed by atoms with Crippen molar-refractivity contribution in [1.29, 1.82) is 0 Å². The molecule has 2 aliphatic rings. The largest absolute Gasteiger partial charge is 0.393 e. The highest BCUT2D eigenvalue weighted by Gasteiger charge is 2.54. The summed E-state index contributed by atoms with van der Waals surface area (Å²) >= 11 is 12.8. The van der Waals surface area contributed by atoms with E-state index < -0.39 is 34.4 Å². The molecular weight excluding hydrogens is 390 g/mol.